The molecule has 1 unspecified atom stereocenters. The van der Waals surface area contributed by atoms with Crippen LogP contribution in [0.3, 0.4) is 0 Å². The van der Waals surface area contributed by atoms with Gasteiger partial charge in [0.1, 0.15) is 11.6 Å². The van der Waals surface area contributed by atoms with Gasteiger partial charge in [-0.25, -0.2) is 9.37 Å². The SMILES string of the molecule is CNCc1cc(F)cnc1NCC(C)OC. The minimum atomic E-state index is -0.324. The molecule has 1 heterocycles. The van der Waals surface area contributed by atoms with Crippen molar-refractivity contribution in [1.29, 1.82) is 0 Å². The lowest BCUT2D eigenvalue weighted by Crippen LogP contribution is -2.20. The van der Waals surface area contributed by atoms with E-state index >= 15 is 0 Å². The van der Waals surface area contributed by atoms with Gasteiger partial charge in [0.15, 0.2) is 0 Å². The van der Waals surface area contributed by atoms with E-state index in [0.717, 1.165) is 5.56 Å². The number of methoxy groups -OCH3 is 1. The van der Waals surface area contributed by atoms with Gasteiger partial charge in [-0.3, -0.25) is 0 Å². The Labute approximate surface area is 95.2 Å². The van der Waals surface area contributed by atoms with Crippen LogP contribution in [-0.2, 0) is 11.3 Å². The van der Waals surface area contributed by atoms with Crippen LogP contribution < -0.4 is 10.6 Å². The van der Waals surface area contributed by atoms with E-state index in [1.54, 1.807) is 7.11 Å². The zero-order valence-electron chi connectivity index (χ0n) is 9.88. The van der Waals surface area contributed by atoms with Crippen molar-refractivity contribution in [3.8, 4) is 0 Å². The number of aromatic nitrogens is 1. The third-order valence-electron chi connectivity index (χ3n) is 2.26. The van der Waals surface area contributed by atoms with Crippen LogP contribution in [0.2, 0.25) is 0 Å². The zero-order valence-corrected chi connectivity index (χ0v) is 9.88. The molecule has 16 heavy (non-hydrogen) atoms. The second-order valence-corrected chi connectivity index (χ2v) is 3.62. The molecular formula is C11H18FN3O. The number of nitrogens with zero attached hydrogens (tertiary/aromatic N) is 1. The fourth-order valence-corrected chi connectivity index (χ4v) is 1.29. The Balaban J connectivity index is 2.70. The summed E-state index contributed by atoms with van der Waals surface area (Å²) in [4.78, 5) is 4.02. The lowest BCUT2D eigenvalue weighted by molar-refractivity contribution is 0.128. The molecule has 1 atom stereocenters. The number of ether oxygens (including phenoxy) is 1. The molecule has 0 amide bonds. The molecule has 1 rings (SSSR count). The van der Waals surface area contributed by atoms with E-state index in [0.29, 0.717) is 18.9 Å². The molecule has 5 heteroatoms. The predicted octanol–water partition coefficient (Wildman–Crippen LogP) is 1.39. The molecule has 0 aromatic carbocycles. The van der Waals surface area contributed by atoms with E-state index in [2.05, 4.69) is 15.6 Å². The number of anilines is 1. The van der Waals surface area contributed by atoms with Crippen LogP contribution in [0.25, 0.3) is 0 Å². The standard InChI is InChI=1S/C11H18FN3O/c1-8(16-3)5-14-11-9(6-13-2)4-10(12)7-15-11/h4,7-8,13H,5-6H2,1-3H3,(H,14,15). The van der Waals surface area contributed by atoms with Gasteiger partial charge in [0.05, 0.1) is 12.3 Å². The normalized spacial score (nSPS) is 12.5. The van der Waals surface area contributed by atoms with Crippen molar-refractivity contribution in [2.45, 2.75) is 19.6 Å². The lowest BCUT2D eigenvalue weighted by atomic mass is 10.2. The largest absolute Gasteiger partial charge is 0.380 e. The summed E-state index contributed by atoms with van der Waals surface area (Å²) in [5.74, 6) is 0.371. The van der Waals surface area contributed by atoms with Crippen LogP contribution in [0, 0.1) is 5.82 Å². The van der Waals surface area contributed by atoms with E-state index in [1.165, 1.54) is 12.3 Å². The molecule has 90 valence electrons. The van der Waals surface area contributed by atoms with E-state index in [9.17, 15) is 4.39 Å². The molecule has 4 nitrogen and oxygen atoms in total. The average molecular weight is 227 g/mol. The summed E-state index contributed by atoms with van der Waals surface area (Å²) in [5, 5.41) is 6.11. The predicted molar refractivity (Wildman–Crippen MR) is 61.9 cm³/mol. The van der Waals surface area contributed by atoms with Crippen LogP contribution in [-0.4, -0.2) is 31.8 Å². The topological polar surface area (TPSA) is 46.2 Å². The van der Waals surface area contributed by atoms with Crippen molar-refractivity contribution in [2.75, 3.05) is 26.0 Å². The van der Waals surface area contributed by atoms with Gasteiger partial charge in [-0.2, -0.15) is 0 Å². The smallest absolute Gasteiger partial charge is 0.141 e. The number of halogens is 1. The van der Waals surface area contributed by atoms with Crippen LogP contribution >= 0.6 is 0 Å². The molecular weight excluding hydrogens is 209 g/mol. The summed E-state index contributed by atoms with van der Waals surface area (Å²) in [5.41, 5.74) is 0.811. The van der Waals surface area contributed by atoms with Crippen molar-refractivity contribution in [2.24, 2.45) is 0 Å². The Bertz CT molecular complexity index is 333. The molecule has 0 aliphatic rings. The summed E-state index contributed by atoms with van der Waals surface area (Å²) in [6.07, 6.45) is 1.30. The molecule has 1 aromatic rings. The van der Waals surface area contributed by atoms with E-state index in [4.69, 9.17) is 4.74 Å². The highest BCUT2D eigenvalue weighted by Gasteiger charge is 2.06. The van der Waals surface area contributed by atoms with Gasteiger partial charge in [-0.1, -0.05) is 0 Å². The van der Waals surface area contributed by atoms with Crippen molar-refractivity contribution < 1.29 is 9.13 Å². The van der Waals surface area contributed by atoms with Crippen LogP contribution in [0.1, 0.15) is 12.5 Å². The van der Waals surface area contributed by atoms with Crippen molar-refractivity contribution >= 4 is 5.82 Å². The Morgan fingerprint density at radius 1 is 1.56 bits per heavy atom. The van der Waals surface area contributed by atoms with Crippen molar-refractivity contribution in [3.05, 3.63) is 23.6 Å². The van der Waals surface area contributed by atoms with Gasteiger partial charge < -0.3 is 15.4 Å². The third-order valence-corrected chi connectivity index (χ3v) is 2.26. The number of rotatable bonds is 6. The lowest BCUT2D eigenvalue weighted by Gasteiger charge is -2.14. The van der Waals surface area contributed by atoms with Crippen LogP contribution in [0.15, 0.2) is 12.3 Å². The monoisotopic (exact) mass is 227 g/mol. The van der Waals surface area contributed by atoms with Gasteiger partial charge in [0, 0.05) is 25.8 Å². The first-order chi connectivity index (χ1) is 7.67. The third kappa shape index (κ3) is 3.75. The Morgan fingerprint density at radius 3 is 2.94 bits per heavy atom. The Hall–Kier alpha value is -1.20. The summed E-state index contributed by atoms with van der Waals surface area (Å²) in [7, 11) is 3.46. The molecule has 0 bridgehead atoms. The number of hydrogen-bond acceptors (Lipinski definition) is 4. The molecule has 2 N–H and O–H groups in total. The molecule has 0 spiro atoms. The maximum absolute atomic E-state index is 13.0. The first kappa shape index (κ1) is 12.9. The fourth-order valence-electron chi connectivity index (χ4n) is 1.29. The summed E-state index contributed by atoms with van der Waals surface area (Å²) >= 11 is 0. The first-order valence-corrected chi connectivity index (χ1v) is 5.23. The van der Waals surface area contributed by atoms with Gasteiger partial charge in [0.2, 0.25) is 0 Å². The van der Waals surface area contributed by atoms with Gasteiger partial charge in [-0.15, -0.1) is 0 Å². The average Bonchev–Trinajstić information content (AvgIpc) is 2.28. The van der Waals surface area contributed by atoms with Crippen LogP contribution in [0.4, 0.5) is 10.2 Å². The highest BCUT2D eigenvalue weighted by Crippen LogP contribution is 2.13. The minimum absolute atomic E-state index is 0.0919. The Morgan fingerprint density at radius 2 is 2.31 bits per heavy atom. The molecule has 0 fully saturated rings. The summed E-state index contributed by atoms with van der Waals surface area (Å²) < 4.78 is 18.1. The summed E-state index contributed by atoms with van der Waals surface area (Å²) in [6, 6.07) is 1.48. The van der Waals surface area contributed by atoms with E-state index in [1.807, 2.05) is 14.0 Å². The molecule has 0 aliphatic heterocycles. The molecule has 0 saturated heterocycles. The zero-order chi connectivity index (χ0) is 12.0. The van der Waals surface area contributed by atoms with E-state index < -0.39 is 0 Å². The Kier molecular flexibility index (Phi) is 5.14. The number of nitrogens with one attached hydrogen (secondary N) is 2. The number of pyridine rings is 1. The fraction of sp³-hybridized carbons (Fsp3) is 0.545. The second-order valence-electron chi connectivity index (χ2n) is 3.62. The van der Waals surface area contributed by atoms with E-state index in [-0.39, 0.29) is 11.9 Å². The second kappa shape index (κ2) is 6.40. The van der Waals surface area contributed by atoms with Gasteiger partial charge >= 0.3 is 0 Å². The first-order valence-electron chi connectivity index (χ1n) is 5.23. The van der Waals surface area contributed by atoms with Gasteiger partial charge in [0.25, 0.3) is 0 Å². The van der Waals surface area contributed by atoms with Gasteiger partial charge in [-0.05, 0) is 20.0 Å². The molecule has 0 saturated carbocycles. The highest BCUT2D eigenvalue weighted by atomic mass is 19.1. The quantitative estimate of drug-likeness (QED) is 0.771. The highest BCUT2D eigenvalue weighted by molar-refractivity contribution is 5.43. The minimum Gasteiger partial charge on any atom is -0.380 e. The van der Waals surface area contributed by atoms with Crippen molar-refractivity contribution in [1.82, 2.24) is 10.3 Å². The molecule has 1 aromatic heterocycles. The summed E-state index contributed by atoms with van der Waals surface area (Å²) in [6.45, 7) is 3.18. The maximum Gasteiger partial charge on any atom is 0.141 e. The van der Waals surface area contributed by atoms with Crippen LogP contribution in [0.5, 0.6) is 0 Å². The molecule has 0 radical (unpaired) electrons. The molecule has 0 aliphatic carbocycles. The van der Waals surface area contributed by atoms with Crippen molar-refractivity contribution in [3.63, 3.8) is 0 Å². The maximum atomic E-state index is 13.0. The number of hydrogen-bond donors (Lipinski definition) is 2.